The number of aromatic nitrogens is 1. The van der Waals surface area contributed by atoms with Gasteiger partial charge in [-0.15, -0.1) is 0 Å². The first-order valence-electron chi connectivity index (χ1n) is 8.89. The summed E-state index contributed by atoms with van der Waals surface area (Å²) in [5.74, 6) is -0.487. The van der Waals surface area contributed by atoms with Crippen molar-refractivity contribution in [3.05, 3.63) is 57.6 Å². The van der Waals surface area contributed by atoms with Crippen molar-refractivity contribution in [2.24, 2.45) is 0 Å². The summed E-state index contributed by atoms with van der Waals surface area (Å²) in [4.78, 5) is 27.5. The van der Waals surface area contributed by atoms with Gasteiger partial charge in [-0.05, 0) is 43.2 Å². The average molecular weight is 467 g/mol. The number of carbonyl (C=O) groups is 1. The van der Waals surface area contributed by atoms with Crippen LogP contribution in [0.5, 0.6) is 0 Å². The van der Waals surface area contributed by atoms with Gasteiger partial charge in [-0.3, -0.25) is 14.9 Å². The number of thiazole rings is 1. The molecule has 0 bridgehead atoms. The summed E-state index contributed by atoms with van der Waals surface area (Å²) >= 11 is 7.00. The topological polar surface area (TPSA) is 123 Å². The van der Waals surface area contributed by atoms with E-state index in [1.165, 1.54) is 40.7 Å². The molecule has 156 valence electrons. The van der Waals surface area contributed by atoms with Gasteiger partial charge in [0, 0.05) is 23.7 Å². The average Bonchev–Trinajstić information content (AvgIpc) is 3.34. The van der Waals surface area contributed by atoms with Crippen molar-refractivity contribution in [2.45, 2.75) is 23.8 Å². The molecule has 0 saturated carbocycles. The molecule has 1 aliphatic rings. The molecule has 2 aromatic carbocycles. The molecular weight excluding hydrogens is 452 g/mol. The maximum atomic E-state index is 13.0. The third-order valence-corrected chi connectivity index (χ3v) is 7.86. The minimum absolute atomic E-state index is 0.0684. The van der Waals surface area contributed by atoms with Crippen molar-refractivity contribution in [3.63, 3.8) is 0 Å². The molecule has 1 fully saturated rings. The molecule has 1 unspecified atom stereocenters. The lowest BCUT2D eigenvalue weighted by molar-refractivity contribution is -0.384. The van der Waals surface area contributed by atoms with E-state index in [-0.39, 0.29) is 22.3 Å². The maximum absolute atomic E-state index is 13.0. The Morgan fingerprint density at radius 1 is 1.27 bits per heavy atom. The number of nitro groups is 1. The quantitative estimate of drug-likeness (QED) is 0.452. The first-order valence-corrected chi connectivity index (χ1v) is 11.5. The molecule has 4 rings (SSSR count). The molecule has 0 radical (unpaired) electrons. The summed E-state index contributed by atoms with van der Waals surface area (Å²) in [5, 5.41) is 14.2. The van der Waals surface area contributed by atoms with Crippen LogP contribution < -0.4 is 5.32 Å². The second kappa shape index (κ2) is 7.91. The fourth-order valence-electron chi connectivity index (χ4n) is 3.30. The van der Waals surface area contributed by atoms with Crippen molar-refractivity contribution < 1.29 is 18.1 Å². The summed E-state index contributed by atoms with van der Waals surface area (Å²) in [6.45, 7) is 0.231. The Morgan fingerprint density at radius 3 is 2.70 bits per heavy atom. The Kier molecular flexibility index (Phi) is 5.45. The van der Waals surface area contributed by atoms with Crippen molar-refractivity contribution in [2.75, 3.05) is 11.9 Å². The van der Waals surface area contributed by atoms with Gasteiger partial charge in [0.1, 0.15) is 6.04 Å². The maximum Gasteiger partial charge on any atom is 0.271 e. The van der Waals surface area contributed by atoms with Crippen molar-refractivity contribution in [1.82, 2.24) is 9.29 Å². The fourth-order valence-corrected chi connectivity index (χ4v) is 5.93. The lowest BCUT2D eigenvalue weighted by Gasteiger charge is -2.23. The van der Waals surface area contributed by atoms with E-state index >= 15 is 0 Å². The highest BCUT2D eigenvalue weighted by molar-refractivity contribution is 7.89. The van der Waals surface area contributed by atoms with Crippen LogP contribution in [0.2, 0.25) is 5.02 Å². The van der Waals surface area contributed by atoms with E-state index in [4.69, 9.17) is 11.6 Å². The minimum Gasteiger partial charge on any atom is -0.301 e. The van der Waals surface area contributed by atoms with E-state index in [9.17, 15) is 23.3 Å². The second-order valence-electron chi connectivity index (χ2n) is 6.65. The zero-order valence-corrected chi connectivity index (χ0v) is 17.7. The number of non-ortho nitro benzene ring substituents is 1. The number of hydrogen-bond acceptors (Lipinski definition) is 7. The van der Waals surface area contributed by atoms with Crippen LogP contribution in [0.1, 0.15) is 12.8 Å². The van der Waals surface area contributed by atoms with Gasteiger partial charge in [-0.25, -0.2) is 13.4 Å². The van der Waals surface area contributed by atoms with Gasteiger partial charge in [0.2, 0.25) is 15.9 Å². The molecule has 0 spiro atoms. The molecule has 1 atom stereocenters. The number of nitro benzene ring substituents is 1. The summed E-state index contributed by atoms with van der Waals surface area (Å²) in [6, 6.07) is 9.18. The normalized spacial score (nSPS) is 17.3. The van der Waals surface area contributed by atoms with Crippen LogP contribution >= 0.6 is 22.9 Å². The Labute approximate surface area is 180 Å². The third kappa shape index (κ3) is 3.88. The highest BCUT2D eigenvalue weighted by Gasteiger charge is 2.39. The van der Waals surface area contributed by atoms with Crippen LogP contribution in [-0.4, -0.2) is 41.1 Å². The largest absolute Gasteiger partial charge is 0.301 e. The number of carbonyl (C=O) groups excluding carboxylic acids is 1. The number of nitrogens with zero attached hydrogens (tertiary/aromatic N) is 3. The van der Waals surface area contributed by atoms with Gasteiger partial charge < -0.3 is 5.32 Å². The lowest BCUT2D eigenvalue weighted by Crippen LogP contribution is -2.43. The van der Waals surface area contributed by atoms with Crippen LogP contribution in [0.4, 0.5) is 10.8 Å². The van der Waals surface area contributed by atoms with Crippen LogP contribution in [0, 0.1) is 10.1 Å². The summed E-state index contributed by atoms with van der Waals surface area (Å²) in [5.41, 5.74) is 0.295. The summed E-state index contributed by atoms with van der Waals surface area (Å²) in [7, 11) is -3.86. The minimum atomic E-state index is -3.86. The van der Waals surface area contributed by atoms with Crippen molar-refractivity contribution >= 4 is 59.9 Å². The fraction of sp³-hybridized carbons (Fsp3) is 0.222. The van der Waals surface area contributed by atoms with Crippen LogP contribution in [0.3, 0.4) is 0 Å². The predicted molar refractivity (Wildman–Crippen MR) is 113 cm³/mol. The van der Waals surface area contributed by atoms with Gasteiger partial charge in [0.15, 0.2) is 5.13 Å². The van der Waals surface area contributed by atoms with E-state index < -0.39 is 26.9 Å². The van der Waals surface area contributed by atoms with E-state index in [1.807, 2.05) is 0 Å². The van der Waals surface area contributed by atoms with E-state index in [0.717, 1.165) is 11.3 Å². The zero-order valence-electron chi connectivity index (χ0n) is 15.3. The predicted octanol–water partition coefficient (Wildman–Crippen LogP) is 3.65. The number of amides is 1. The monoisotopic (exact) mass is 466 g/mol. The van der Waals surface area contributed by atoms with Crippen LogP contribution in [0.25, 0.3) is 10.2 Å². The molecular formula is C18H15ClN4O5S2. The van der Waals surface area contributed by atoms with Crippen LogP contribution in [-0.2, 0) is 14.8 Å². The molecule has 9 nitrogen and oxygen atoms in total. The number of nitrogens with one attached hydrogen (secondary N) is 1. The van der Waals surface area contributed by atoms with Crippen molar-refractivity contribution in [1.29, 1.82) is 0 Å². The van der Waals surface area contributed by atoms with E-state index in [1.54, 1.807) is 6.07 Å². The lowest BCUT2D eigenvalue weighted by atomic mass is 10.2. The van der Waals surface area contributed by atoms with Crippen molar-refractivity contribution in [3.8, 4) is 0 Å². The van der Waals surface area contributed by atoms with Gasteiger partial charge in [0.25, 0.3) is 5.69 Å². The number of halogens is 1. The SMILES string of the molecule is O=C(Nc1nc2cc([N+](=O)[O-])ccc2s1)C1CCCN1S(=O)(=O)c1ccc(Cl)cc1. The third-order valence-electron chi connectivity index (χ3n) is 4.74. The van der Waals surface area contributed by atoms with Gasteiger partial charge in [0.05, 0.1) is 20.0 Å². The number of benzene rings is 2. The molecule has 1 aliphatic heterocycles. The molecule has 3 aromatic rings. The smallest absolute Gasteiger partial charge is 0.271 e. The number of fused-ring (bicyclic) bond motifs is 1. The van der Waals surface area contributed by atoms with E-state index in [2.05, 4.69) is 10.3 Å². The first kappa shape index (κ1) is 20.7. The van der Waals surface area contributed by atoms with Gasteiger partial charge in [-0.1, -0.05) is 22.9 Å². The van der Waals surface area contributed by atoms with Crippen LogP contribution in [0.15, 0.2) is 47.4 Å². The molecule has 12 heteroatoms. The number of anilines is 1. The van der Waals surface area contributed by atoms with Gasteiger partial charge in [-0.2, -0.15) is 4.31 Å². The number of sulfonamides is 1. The Balaban J connectivity index is 1.56. The molecule has 0 aliphatic carbocycles. The standard InChI is InChI=1S/C18H15ClN4O5S2/c19-11-3-6-13(7-4-11)30(27,28)22-9-1-2-15(22)17(24)21-18-20-14-10-12(23(25)26)5-8-16(14)29-18/h3-8,10,15H,1-2,9H2,(H,20,21,24). The molecule has 1 amide bonds. The summed E-state index contributed by atoms with van der Waals surface area (Å²) in [6.07, 6.45) is 0.936. The van der Waals surface area contributed by atoms with Gasteiger partial charge >= 0.3 is 0 Å². The molecule has 1 N–H and O–H groups in total. The highest BCUT2D eigenvalue weighted by atomic mass is 35.5. The molecule has 1 aromatic heterocycles. The number of rotatable bonds is 5. The Hall–Kier alpha value is -2.60. The Morgan fingerprint density at radius 2 is 2.00 bits per heavy atom. The molecule has 1 saturated heterocycles. The first-order chi connectivity index (χ1) is 14.3. The Bertz CT molecular complexity index is 1240. The van der Waals surface area contributed by atoms with E-state index in [0.29, 0.717) is 28.1 Å². The summed E-state index contributed by atoms with van der Waals surface area (Å²) < 4.78 is 27.8. The number of hydrogen-bond donors (Lipinski definition) is 1. The second-order valence-corrected chi connectivity index (χ2v) is 10.0. The molecule has 30 heavy (non-hydrogen) atoms. The highest BCUT2D eigenvalue weighted by Crippen LogP contribution is 2.31. The molecule has 2 heterocycles. The zero-order chi connectivity index (χ0) is 21.5.